The molecule has 0 atom stereocenters. The molecule has 3 rings (SSSR count). The minimum absolute atomic E-state index is 0.283. The van der Waals surface area contributed by atoms with Crippen LogP contribution in [0.3, 0.4) is 0 Å². The molecule has 8 nitrogen and oxygen atoms in total. The Morgan fingerprint density at radius 2 is 2.06 bits per heavy atom. The zero-order valence-electron chi connectivity index (χ0n) is 15.7. The predicted molar refractivity (Wildman–Crippen MR) is 106 cm³/mol. The van der Waals surface area contributed by atoms with Crippen LogP contribution in [0.2, 0.25) is 0 Å². The highest BCUT2D eigenvalue weighted by Gasteiger charge is 2.49. The van der Waals surface area contributed by atoms with Crippen LogP contribution in [0.4, 0.5) is 13.2 Å². The summed E-state index contributed by atoms with van der Waals surface area (Å²) in [5.74, 6) is -1.86. The summed E-state index contributed by atoms with van der Waals surface area (Å²) in [7, 11) is -4.99. The Hall–Kier alpha value is -3.19. The average molecular weight is 473 g/mol. The number of ether oxygens (including phenoxy) is 1. The third-order valence-corrected chi connectivity index (χ3v) is 5.67. The minimum Gasteiger partial charge on any atom is -0.465 e. The smallest absolute Gasteiger partial charge is 0.465 e. The van der Waals surface area contributed by atoms with Gasteiger partial charge in [-0.15, -0.1) is 11.3 Å². The van der Waals surface area contributed by atoms with Crippen molar-refractivity contribution < 1.29 is 35.3 Å². The minimum atomic E-state index is -6.00. The molecule has 0 saturated heterocycles. The average Bonchev–Trinajstić information content (AvgIpc) is 3.40. The number of rotatable bonds is 7. The van der Waals surface area contributed by atoms with Crippen molar-refractivity contribution in [1.82, 2.24) is 14.5 Å². The molecule has 0 aliphatic rings. The molecule has 1 aromatic carbocycles. The molecule has 0 aliphatic heterocycles. The molecule has 31 heavy (non-hydrogen) atoms. The summed E-state index contributed by atoms with van der Waals surface area (Å²) in [5, 5.41) is 2.39. The third kappa shape index (κ3) is 5.30. The van der Waals surface area contributed by atoms with Gasteiger partial charge in [0.25, 0.3) is 0 Å². The first-order chi connectivity index (χ1) is 14.6. The first-order valence-corrected chi connectivity index (χ1v) is 10.7. The number of alkyl halides is 3. The number of nitrogens with zero attached hydrogens (tertiary/aromatic N) is 3. The van der Waals surface area contributed by atoms with Crippen molar-refractivity contribution >= 4 is 39.1 Å². The Morgan fingerprint density at radius 1 is 1.29 bits per heavy atom. The van der Waals surface area contributed by atoms with Crippen LogP contribution < -0.4 is 4.18 Å². The van der Waals surface area contributed by atoms with Gasteiger partial charge in [-0.25, -0.2) is 14.8 Å². The van der Waals surface area contributed by atoms with E-state index in [4.69, 9.17) is 0 Å². The van der Waals surface area contributed by atoms with Crippen molar-refractivity contribution in [2.45, 2.75) is 12.1 Å². The second-order valence-electron chi connectivity index (χ2n) is 5.97. The van der Waals surface area contributed by atoms with Crippen molar-refractivity contribution in [2.75, 3.05) is 7.11 Å². The van der Waals surface area contributed by atoms with Crippen LogP contribution >= 0.6 is 11.3 Å². The molecule has 0 amide bonds. The van der Waals surface area contributed by atoms with Crippen molar-refractivity contribution in [2.24, 2.45) is 0 Å². The third-order valence-electron chi connectivity index (χ3n) is 3.85. The van der Waals surface area contributed by atoms with E-state index in [2.05, 4.69) is 18.9 Å². The summed E-state index contributed by atoms with van der Waals surface area (Å²) in [6, 6.07) is 3.55. The van der Waals surface area contributed by atoms with E-state index in [0.717, 1.165) is 19.2 Å². The van der Waals surface area contributed by atoms with Crippen LogP contribution in [-0.2, 0) is 21.4 Å². The Kier molecular flexibility index (Phi) is 6.45. The molecular weight excluding hydrogens is 459 g/mol. The van der Waals surface area contributed by atoms with Gasteiger partial charge in [0.2, 0.25) is 0 Å². The molecule has 0 bridgehead atoms. The van der Waals surface area contributed by atoms with Gasteiger partial charge in [-0.1, -0.05) is 6.07 Å². The van der Waals surface area contributed by atoms with Gasteiger partial charge in [0.15, 0.2) is 5.75 Å². The molecule has 0 aliphatic carbocycles. The lowest BCUT2D eigenvalue weighted by molar-refractivity contribution is -0.0500. The van der Waals surface area contributed by atoms with Crippen molar-refractivity contribution in [3.05, 3.63) is 64.6 Å². The highest BCUT2D eigenvalue weighted by atomic mass is 32.2. The number of hydrogen-bond acceptors (Lipinski definition) is 8. The Labute approximate surface area is 178 Å². The van der Waals surface area contributed by atoms with Crippen molar-refractivity contribution in [3.8, 4) is 5.75 Å². The molecule has 0 unspecified atom stereocenters. The summed E-state index contributed by atoms with van der Waals surface area (Å²) in [5.41, 5.74) is -5.19. The van der Waals surface area contributed by atoms with Gasteiger partial charge in [-0.2, -0.15) is 21.6 Å². The molecule has 0 radical (unpaired) electrons. The summed E-state index contributed by atoms with van der Waals surface area (Å²) >= 11 is 1.34. The molecule has 13 heteroatoms. The molecule has 3 aromatic rings. The molecule has 164 valence electrons. The Bertz CT molecular complexity index is 1190. The number of benzene rings is 1. The van der Waals surface area contributed by atoms with Gasteiger partial charge < -0.3 is 13.5 Å². The molecule has 2 aromatic heterocycles. The normalized spacial score (nSPS) is 12.6. The van der Waals surface area contributed by atoms with Crippen LogP contribution in [0.1, 0.15) is 20.9 Å². The zero-order valence-corrected chi connectivity index (χ0v) is 17.4. The van der Waals surface area contributed by atoms with Gasteiger partial charge in [0, 0.05) is 29.5 Å². The molecule has 0 spiro atoms. The van der Waals surface area contributed by atoms with E-state index in [-0.39, 0.29) is 5.56 Å². The SMILES string of the molecule is COC(=O)c1ccc(C=C(Cn2ccnc2)c2nccs2)cc1OS(=O)(=O)C(F)(F)F. The summed E-state index contributed by atoms with van der Waals surface area (Å²) < 4.78 is 71.8. The van der Waals surface area contributed by atoms with Gasteiger partial charge >= 0.3 is 21.6 Å². The van der Waals surface area contributed by atoms with Gasteiger partial charge in [-0.3, -0.25) is 0 Å². The number of allylic oxidation sites excluding steroid dienone is 1. The topological polar surface area (TPSA) is 100 Å². The number of imidazole rings is 1. The molecule has 0 N–H and O–H groups in total. The van der Waals surface area contributed by atoms with Crippen LogP contribution in [0.5, 0.6) is 5.75 Å². The first-order valence-electron chi connectivity index (χ1n) is 8.40. The van der Waals surface area contributed by atoms with Gasteiger partial charge in [0.05, 0.1) is 20.0 Å². The van der Waals surface area contributed by atoms with Gasteiger partial charge in [0.1, 0.15) is 10.6 Å². The largest absolute Gasteiger partial charge is 0.534 e. The number of carbonyl (C=O) groups is 1. The Morgan fingerprint density at radius 3 is 2.65 bits per heavy atom. The quantitative estimate of drug-likeness (QED) is 0.294. The van der Waals surface area contributed by atoms with E-state index >= 15 is 0 Å². The lowest BCUT2D eigenvalue weighted by Crippen LogP contribution is -2.28. The lowest BCUT2D eigenvalue weighted by Gasteiger charge is -2.13. The molecule has 0 saturated carbocycles. The summed E-state index contributed by atoms with van der Waals surface area (Å²) in [6.07, 6.45) is 8.05. The highest BCUT2D eigenvalue weighted by molar-refractivity contribution is 7.88. The highest BCUT2D eigenvalue weighted by Crippen LogP contribution is 2.31. The molecule has 0 fully saturated rings. The van der Waals surface area contributed by atoms with Crippen LogP contribution in [0, 0.1) is 0 Å². The van der Waals surface area contributed by atoms with E-state index in [1.807, 2.05) is 0 Å². The van der Waals surface area contributed by atoms with E-state index in [0.29, 0.717) is 17.1 Å². The first kappa shape index (κ1) is 22.5. The van der Waals surface area contributed by atoms with E-state index in [1.54, 1.807) is 40.9 Å². The number of halogens is 3. The number of methoxy groups -OCH3 is 1. The lowest BCUT2D eigenvalue weighted by atomic mass is 10.1. The van der Waals surface area contributed by atoms with Crippen LogP contribution in [0.25, 0.3) is 11.6 Å². The summed E-state index contributed by atoms with van der Waals surface area (Å²) in [6.45, 7) is 0.337. The van der Waals surface area contributed by atoms with Crippen molar-refractivity contribution in [3.63, 3.8) is 0 Å². The van der Waals surface area contributed by atoms with E-state index < -0.39 is 32.9 Å². The monoisotopic (exact) mass is 473 g/mol. The van der Waals surface area contributed by atoms with E-state index in [9.17, 15) is 26.4 Å². The van der Waals surface area contributed by atoms with Crippen LogP contribution in [0.15, 0.2) is 48.5 Å². The maximum atomic E-state index is 12.8. The molecule has 2 heterocycles. The maximum Gasteiger partial charge on any atom is 0.534 e. The number of esters is 1. The maximum absolute atomic E-state index is 12.8. The fourth-order valence-corrected chi connectivity index (χ4v) is 3.59. The second kappa shape index (κ2) is 8.89. The second-order valence-corrected chi connectivity index (χ2v) is 8.40. The fraction of sp³-hybridized carbons (Fsp3) is 0.167. The zero-order chi connectivity index (χ0) is 22.6. The number of aromatic nitrogens is 3. The fourth-order valence-electron chi connectivity index (χ4n) is 2.48. The summed E-state index contributed by atoms with van der Waals surface area (Å²) in [4.78, 5) is 20.1. The number of carbonyl (C=O) groups excluding carboxylic acids is 1. The number of thiazole rings is 1. The Balaban J connectivity index is 2.06. The van der Waals surface area contributed by atoms with Gasteiger partial charge in [-0.05, 0) is 23.8 Å². The van der Waals surface area contributed by atoms with Crippen LogP contribution in [-0.4, -0.2) is 41.5 Å². The van der Waals surface area contributed by atoms with Crippen molar-refractivity contribution in [1.29, 1.82) is 0 Å². The van der Waals surface area contributed by atoms with E-state index in [1.165, 1.54) is 17.4 Å². The number of hydrogen-bond donors (Lipinski definition) is 0. The molecular formula is C18H14F3N3O5S2. The predicted octanol–water partition coefficient (Wildman–Crippen LogP) is 3.60. The standard InChI is InChI=1S/C18H14F3N3O5S2/c1-28-17(25)14-3-2-12(9-15(14)29-31(26,27)18(19,20)21)8-13(16-23-5-7-30-16)10-24-6-4-22-11-24/h2-9,11H,10H2,1H3.